The van der Waals surface area contributed by atoms with Crippen molar-refractivity contribution in [1.29, 1.82) is 0 Å². The number of amides is 1. The summed E-state index contributed by atoms with van der Waals surface area (Å²) in [4.78, 5) is 24.9. The molecule has 4 nitrogen and oxygen atoms in total. The van der Waals surface area contributed by atoms with Crippen molar-refractivity contribution in [3.05, 3.63) is 35.4 Å². The molecule has 2 atom stereocenters. The van der Waals surface area contributed by atoms with E-state index in [9.17, 15) is 23.5 Å². The number of carboxylic acids is 1. The molecule has 1 aliphatic rings. The van der Waals surface area contributed by atoms with Crippen molar-refractivity contribution in [3.8, 4) is 0 Å². The highest BCUT2D eigenvalue weighted by atomic mass is 19.2. The molecule has 0 saturated carbocycles. The lowest BCUT2D eigenvalue weighted by Crippen LogP contribution is -2.52. The minimum atomic E-state index is -1.06. The highest BCUT2D eigenvalue weighted by Gasteiger charge is 2.37. The number of likely N-dealkylation sites (tertiary alicyclic amines) is 1. The summed E-state index contributed by atoms with van der Waals surface area (Å²) >= 11 is 0. The summed E-state index contributed by atoms with van der Waals surface area (Å²) in [6.07, 6.45) is 1.11. The number of piperidine rings is 1. The molecule has 0 spiro atoms. The maximum atomic E-state index is 13.6. The summed E-state index contributed by atoms with van der Waals surface area (Å²) in [7, 11) is 0. The Labute approximate surface area is 121 Å². The molecule has 21 heavy (non-hydrogen) atoms. The highest BCUT2D eigenvalue weighted by molar-refractivity contribution is 5.85. The second kappa shape index (κ2) is 6.20. The van der Waals surface area contributed by atoms with Crippen LogP contribution < -0.4 is 0 Å². The number of halogens is 2. The summed E-state index contributed by atoms with van der Waals surface area (Å²) in [5.41, 5.74) is -0.0534. The second-order valence-corrected chi connectivity index (χ2v) is 5.38. The fraction of sp³-hybridized carbons (Fsp3) is 0.467. The molecule has 6 heteroatoms. The van der Waals surface area contributed by atoms with Gasteiger partial charge in [-0.15, -0.1) is 0 Å². The van der Waals surface area contributed by atoms with Crippen LogP contribution in [-0.2, 0) is 16.0 Å². The van der Waals surface area contributed by atoms with Crippen molar-refractivity contribution in [1.82, 2.24) is 4.90 Å². The SMILES string of the molecule is CC1CCCN(C(=O)Cc2cccc(F)c2F)C1C(=O)O. The van der Waals surface area contributed by atoms with Crippen molar-refractivity contribution in [2.24, 2.45) is 5.92 Å². The van der Waals surface area contributed by atoms with Gasteiger partial charge >= 0.3 is 5.97 Å². The van der Waals surface area contributed by atoms with Gasteiger partial charge in [0.2, 0.25) is 5.91 Å². The number of aliphatic carboxylic acids is 1. The molecule has 1 saturated heterocycles. The Bertz CT molecular complexity index is 562. The molecule has 1 heterocycles. The van der Waals surface area contributed by atoms with Gasteiger partial charge in [-0.25, -0.2) is 13.6 Å². The molecule has 0 bridgehead atoms. The van der Waals surface area contributed by atoms with Gasteiger partial charge in [-0.3, -0.25) is 4.79 Å². The van der Waals surface area contributed by atoms with Crippen LogP contribution in [0, 0.1) is 17.6 Å². The van der Waals surface area contributed by atoms with Crippen molar-refractivity contribution in [3.63, 3.8) is 0 Å². The number of carboxylic acid groups (broad SMARTS) is 1. The van der Waals surface area contributed by atoms with Crippen molar-refractivity contribution in [2.45, 2.75) is 32.2 Å². The van der Waals surface area contributed by atoms with Crippen molar-refractivity contribution < 1.29 is 23.5 Å². The number of carbonyl (C=O) groups excluding carboxylic acids is 1. The van der Waals surface area contributed by atoms with Gasteiger partial charge in [-0.1, -0.05) is 19.1 Å². The van der Waals surface area contributed by atoms with Crippen LogP contribution in [0.3, 0.4) is 0 Å². The first kappa shape index (κ1) is 15.4. The Morgan fingerprint density at radius 3 is 2.76 bits per heavy atom. The van der Waals surface area contributed by atoms with Crippen LogP contribution in [0.25, 0.3) is 0 Å². The molecular formula is C15H17F2NO3. The normalized spacial score (nSPS) is 22.1. The lowest BCUT2D eigenvalue weighted by Gasteiger charge is -2.37. The molecule has 0 aliphatic carbocycles. The zero-order valence-electron chi connectivity index (χ0n) is 11.7. The number of nitrogens with zero attached hydrogens (tertiary/aromatic N) is 1. The molecule has 114 valence electrons. The smallest absolute Gasteiger partial charge is 0.326 e. The van der Waals surface area contributed by atoms with Crippen LogP contribution >= 0.6 is 0 Å². The van der Waals surface area contributed by atoms with Crippen LogP contribution in [0.2, 0.25) is 0 Å². The van der Waals surface area contributed by atoms with E-state index in [1.165, 1.54) is 17.0 Å². The van der Waals surface area contributed by atoms with E-state index in [0.717, 1.165) is 12.5 Å². The molecule has 1 aromatic carbocycles. The van der Waals surface area contributed by atoms with Crippen LogP contribution in [0.4, 0.5) is 8.78 Å². The average Bonchev–Trinajstić information content (AvgIpc) is 2.43. The Kier molecular flexibility index (Phi) is 4.55. The molecule has 1 aliphatic heterocycles. The topological polar surface area (TPSA) is 57.6 Å². The van der Waals surface area contributed by atoms with Crippen LogP contribution in [0.1, 0.15) is 25.3 Å². The van der Waals surface area contributed by atoms with Gasteiger partial charge in [0.05, 0.1) is 6.42 Å². The predicted octanol–water partition coefficient (Wildman–Crippen LogP) is 2.22. The molecular weight excluding hydrogens is 280 g/mol. The van der Waals surface area contributed by atoms with E-state index >= 15 is 0 Å². The number of rotatable bonds is 3. The van der Waals surface area contributed by atoms with E-state index in [0.29, 0.717) is 13.0 Å². The van der Waals surface area contributed by atoms with Crippen LogP contribution in [-0.4, -0.2) is 34.5 Å². The zero-order chi connectivity index (χ0) is 15.6. The zero-order valence-corrected chi connectivity index (χ0v) is 11.7. The fourth-order valence-corrected chi connectivity index (χ4v) is 2.79. The summed E-state index contributed by atoms with van der Waals surface area (Å²) < 4.78 is 26.7. The van der Waals surface area contributed by atoms with E-state index in [2.05, 4.69) is 0 Å². The van der Waals surface area contributed by atoms with E-state index in [1.54, 1.807) is 6.92 Å². The van der Waals surface area contributed by atoms with Gasteiger partial charge in [-0.05, 0) is 24.8 Å². The summed E-state index contributed by atoms with van der Waals surface area (Å²) in [5.74, 6) is -3.77. The van der Waals surface area contributed by atoms with Crippen molar-refractivity contribution >= 4 is 11.9 Å². The van der Waals surface area contributed by atoms with E-state index in [1.807, 2.05) is 0 Å². The first-order valence-corrected chi connectivity index (χ1v) is 6.87. The van der Waals surface area contributed by atoms with E-state index < -0.39 is 29.6 Å². The minimum Gasteiger partial charge on any atom is -0.480 e. The monoisotopic (exact) mass is 297 g/mol. The maximum absolute atomic E-state index is 13.6. The van der Waals surface area contributed by atoms with Gasteiger partial charge in [0.15, 0.2) is 11.6 Å². The van der Waals surface area contributed by atoms with Gasteiger partial charge < -0.3 is 10.0 Å². The van der Waals surface area contributed by atoms with Crippen LogP contribution in [0.15, 0.2) is 18.2 Å². The molecule has 1 aromatic rings. The Morgan fingerprint density at radius 2 is 2.10 bits per heavy atom. The Hall–Kier alpha value is -1.98. The predicted molar refractivity (Wildman–Crippen MR) is 71.6 cm³/mol. The number of benzene rings is 1. The first-order chi connectivity index (χ1) is 9.91. The molecule has 2 unspecified atom stereocenters. The second-order valence-electron chi connectivity index (χ2n) is 5.38. The molecule has 1 amide bonds. The fourth-order valence-electron chi connectivity index (χ4n) is 2.79. The van der Waals surface area contributed by atoms with Gasteiger partial charge in [0, 0.05) is 12.1 Å². The first-order valence-electron chi connectivity index (χ1n) is 6.87. The number of hydrogen-bond donors (Lipinski definition) is 1. The third-order valence-corrected chi connectivity index (χ3v) is 3.88. The Morgan fingerprint density at radius 1 is 1.38 bits per heavy atom. The van der Waals surface area contributed by atoms with Gasteiger partial charge in [-0.2, -0.15) is 0 Å². The molecule has 1 fully saturated rings. The lowest BCUT2D eigenvalue weighted by molar-refractivity contribution is -0.154. The number of hydrogen-bond acceptors (Lipinski definition) is 2. The van der Waals surface area contributed by atoms with Gasteiger partial charge in [0.25, 0.3) is 0 Å². The molecule has 0 aromatic heterocycles. The third-order valence-electron chi connectivity index (χ3n) is 3.88. The molecule has 1 N–H and O–H groups in total. The summed E-state index contributed by atoms with van der Waals surface area (Å²) in [5, 5.41) is 9.26. The highest BCUT2D eigenvalue weighted by Crippen LogP contribution is 2.24. The van der Waals surface area contributed by atoms with E-state index in [-0.39, 0.29) is 17.9 Å². The lowest BCUT2D eigenvalue weighted by atomic mass is 9.90. The number of carbonyl (C=O) groups is 2. The largest absolute Gasteiger partial charge is 0.480 e. The quantitative estimate of drug-likeness (QED) is 0.930. The van der Waals surface area contributed by atoms with E-state index in [4.69, 9.17) is 0 Å². The van der Waals surface area contributed by atoms with Gasteiger partial charge in [0.1, 0.15) is 6.04 Å². The molecule has 0 radical (unpaired) electrons. The average molecular weight is 297 g/mol. The summed E-state index contributed by atoms with van der Waals surface area (Å²) in [6, 6.07) is 2.74. The minimum absolute atomic E-state index is 0.0534. The standard InChI is InChI=1S/C15H17F2NO3/c1-9-4-3-7-18(14(9)15(20)21)12(19)8-10-5-2-6-11(16)13(10)17/h2,5-6,9,14H,3-4,7-8H2,1H3,(H,20,21). The molecule has 2 rings (SSSR count). The van der Waals surface area contributed by atoms with Crippen LogP contribution in [0.5, 0.6) is 0 Å². The third kappa shape index (κ3) is 3.20. The maximum Gasteiger partial charge on any atom is 0.326 e. The van der Waals surface area contributed by atoms with Crippen molar-refractivity contribution in [2.75, 3.05) is 6.54 Å². The Balaban J connectivity index is 2.18. The summed E-state index contributed by atoms with van der Waals surface area (Å²) in [6.45, 7) is 2.11.